The number of ether oxygens (including phenoxy) is 2. The van der Waals surface area contributed by atoms with Gasteiger partial charge in [0.2, 0.25) is 0 Å². The summed E-state index contributed by atoms with van der Waals surface area (Å²) in [7, 11) is 1.67. The molecule has 0 radical (unpaired) electrons. The minimum Gasteiger partial charge on any atom is -0.450 e. The zero-order chi connectivity index (χ0) is 18.6. The maximum atomic E-state index is 12.0. The Bertz CT molecular complexity index is 599. The van der Waals surface area contributed by atoms with Crippen molar-refractivity contribution in [2.45, 2.75) is 84.0 Å². The minimum atomic E-state index is -0.539. The van der Waals surface area contributed by atoms with Crippen LogP contribution in [0.4, 0.5) is 0 Å². The number of hydrogen-bond acceptors (Lipinski definition) is 4. The number of carbonyl (C=O) groups is 1. The van der Waals surface area contributed by atoms with E-state index in [0.29, 0.717) is 6.42 Å². The zero-order valence-electron chi connectivity index (χ0n) is 16.2. The fraction of sp³-hybridized carbons (Fsp3) is 0.667. The molecule has 0 bridgehead atoms. The smallest absolute Gasteiger partial charge is 0.334 e. The molecule has 1 aliphatic heterocycles. The molecule has 1 aliphatic carbocycles. The Labute approximate surface area is 151 Å². The van der Waals surface area contributed by atoms with Crippen LogP contribution in [0.15, 0.2) is 34.4 Å². The Morgan fingerprint density at radius 3 is 2.60 bits per heavy atom. The van der Waals surface area contributed by atoms with Gasteiger partial charge in [-0.2, -0.15) is 0 Å². The number of allylic oxidation sites excluding steroid dienone is 3. The molecule has 0 spiro atoms. The van der Waals surface area contributed by atoms with Crippen molar-refractivity contribution in [3.63, 3.8) is 0 Å². The third-order valence-corrected chi connectivity index (χ3v) is 5.71. The van der Waals surface area contributed by atoms with Crippen molar-refractivity contribution in [2.75, 3.05) is 7.11 Å². The SMILES string of the molecule is CO[C@]1(C)CC/C=C(\C)CCC2=C(C)C(=O)O[C@H]2/C=C(\C)CC[C@H]1O. The second-order valence-corrected chi connectivity index (χ2v) is 7.65. The lowest BCUT2D eigenvalue weighted by molar-refractivity contribution is -0.138. The summed E-state index contributed by atoms with van der Waals surface area (Å²) in [5, 5.41) is 10.6. The second kappa shape index (κ2) is 8.33. The largest absolute Gasteiger partial charge is 0.450 e. The highest BCUT2D eigenvalue weighted by atomic mass is 16.5. The van der Waals surface area contributed by atoms with Gasteiger partial charge in [0, 0.05) is 12.7 Å². The topological polar surface area (TPSA) is 55.8 Å². The maximum Gasteiger partial charge on any atom is 0.334 e. The van der Waals surface area contributed by atoms with Crippen LogP contribution >= 0.6 is 0 Å². The van der Waals surface area contributed by atoms with Crippen LogP contribution in [0.25, 0.3) is 0 Å². The second-order valence-electron chi connectivity index (χ2n) is 7.65. The van der Waals surface area contributed by atoms with Crippen LogP contribution in [-0.4, -0.2) is 36.0 Å². The van der Waals surface area contributed by atoms with Crippen LogP contribution in [-0.2, 0) is 14.3 Å². The van der Waals surface area contributed by atoms with Gasteiger partial charge >= 0.3 is 5.97 Å². The van der Waals surface area contributed by atoms with E-state index >= 15 is 0 Å². The number of aliphatic hydroxyl groups excluding tert-OH is 1. The van der Waals surface area contributed by atoms with Crippen molar-refractivity contribution in [1.82, 2.24) is 0 Å². The summed E-state index contributed by atoms with van der Waals surface area (Å²) in [6.07, 6.45) is 8.29. The Hall–Kier alpha value is -1.39. The lowest BCUT2D eigenvalue weighted by Gasteiger charge is -2.33. The molecule has 2 aliphatic rings. The third kappa shape index (κ3) is 4.83. The molecule has 0 aromatic heterocycles. The van der Waals surface area contributed by atoms with E-state index in [-0.39, 0.29) is 12.1 Å². The first-order chi connectivity index (χ1) is 11.8. The quantitative estimate of drug-likeness (QED) is 0.569. The standard InChI is InChI=1S/C21H32O4/c1-14-7-6-12-21(4,24-5)19(22)11-9-15(2)13-18-17(10-8-14)16(3)20(23)25-18/h7,13,18-19,22H,6,8-12H2,1-5H3/b14-7+,15-13+/t18-,19+,21+/m0/s1. The normalized spacial score (nSPS) is 36.6. The van der Waals surface area contributed by atoms with Crippen LogP contribution < -0.4 is 0 Å². The molecule has 140 valence electrons. The summed E-state index contributed by atoms with van der Waals surface area (Å²) in [5.41, 5.74) is 3.73. The Kier molecular flexibility index (Phi) is 6.64. The van der Waals surface area contributed by atoms with E-state index in [1.54, 1.807) is 7.11 Å². The summed E-state index contributed by atoms with van der Waals surface area (Å²) in [5.74, 6) is -0.206. The first-order valence-corrected chi connectivity index (χ1v) is 9.23. The van der Waals surface area contributed by atoms with Gasteiger partial charge in [-0.25, -0.2) is 4.79 Å². The van der Waals surface area contributed by atoms with Gasteiger partial charge in [0.1, 0.15) is 6.10 Å². The highest BCUT2D eigenvalue weighted by Gasteiger charge is 2.33. The predicted molar refractivity (Wildman–Crippen MR) is 99.2 cm³/mol. The molecule has 0 amide bonds. The summed E-state index contributed by atoms with van der Waals surface area (Å²) in [6.45, 7) is 7.99. The summed E-state index contributed by atoms with van der Waals surface area (Å²) in [6, 6.07) is 0. The van der Waals surface area contributed by atoms with Crippen LogP contribution in [0, 0.1) is 0 Å². The molecule has 4 nitrogen and oxygen atoms in total. The van der Waals surface area contributed by atoms with Gasteiger partial charge in [0.25, 0.3) is 0 Å². The first-order valence-electron chi connectivity index (χ1n) is 9.23. The maximum absolute atomic E-state index is 12.0. The molecule has 4 heteroatoms. The Morgan fingerprint density at radius 1 is 1.20 bits per heavy atom. The lowest BCUT2D eigenvalue weighted by atomic mass is 9.87. The third-order valence-electron chi connectivity index (χ3n) is 5.71. The zero-order valence-corrected chi connectivity index (χ0v) is 16.2. The van der Waals surface area contributed by atoms with Crippen molar-refractivity contribution >= 4 is 5.97 Å². The van der Waals surface area contributed by atoms with E-state index in [9.17, 15) is 9.90 Å². The van der Waals surface area contributed by atoms with E-state index in [1.807, 2.05) is 26.8 Å². The van der Waals surface area contributed by atoms with Gasteiger partial charge < -0.3 is 14.6 Å². The van der Waals surface area contributed by atoms with Crippen molar-refractivity contribution < 1.29 is 19.4 Å². The number of rotatable bonds is 1. The number of methoxy groups -OCH3 is 1. The Balaban J connectivity index is 2.27. The molecule has 0 saturated heterocycles. The van der Waals surface area contributed by atoms with E-state index in [0.717, 1.165) is 48.8 Å². The number of esters is 1. The molecule has 3 atom stereocenters. The highest BCUT2D eigenvalue weighted by molar-refractivity contribution is 5.92. The van der Waals surface area contributed by atoms with Gasteiger partial charge in [-0.3, -0.25) is 0 Å². The van der Waals surface area contributed by atoms with E-state index in [1.165, 1.54) is 5.57 Å². The molecule has 25 heavy (non-hydrogen) atoms. The molecule has 0 fully saturated rings. The van der Waals surface area contributed by atoms with E-state index in [4.69, 9.17) is 9.47 Å². The van der Waals surface area contributed by atoms with Crippen LogP contribution in [0.3, 0.4) is 0 Å². The average molecular weight is 348 g/mol. The molecular weight excluding hydrogens is 316 g/mol. The van der Waals surface area contributed by atoms with Crippen molar-refractivity contribution in [3.05, 3.63) is 34.4 Å². The molecule has 0 aromatic rings. The summed E-state index contributed by atoms with van der Waals surface area (Å²) < 4.78 is 11.2. The van der Waals surface area contributed by atoms with Gasteiger partial charge in [-0.15, -0.1) is 0 Å². The van der Waals surface area contributed by atoms with E-state index in [2.05, 4.69) is 13.0 Å². The minimum absolute atomic E-state index is 0.206. The summed E-state index contributed by atoms with van der Waals surface area (Å²) >= 11 is 0. The predicted octanol–water partition coefficient (Wildman–Crippen LogP) is 4.24. The number of aliphatic hydroxyl groups is 1. The average Bonchev–Trinajstić information content (AvgIpc) is 2.83. The molecule has 0 unspecified atom stereocenters. The van der Waals surface area contributed by atoms with Crippen molar-refractivity contribution in [3.8, 4) is 0 Å². The van der Waals surface area contributed by atoms with Crippen LogP contribution in [0.5, 0.6) is 0 Å². The van der Waals surface area contributed by atoms with Crippen LogP contribution in [0.2, 0.25) is 0 Å². The molecule has 0 aromatic carbocycles. The van der Waals surface area contributed by atoms with Gasteiger partial charge in [-0.1, -0.05) is 17.2 Å². The molecule has 2 rings (SSSR count). The van der Waals surface area contributed by atoms with E-state index < -0.39 is 11.7 Å². The number of carbonyl (C=O) groups excluding carboxylic acids is 1. The fourth-order valence-electron chi connectivity index (χ4n) is 3.54. The molecule has 1 heterocycles. The fourth-order valence-corrected chi connectivity index (χ4v) is 3.54. The van der Waals surface area contributed by atoms with Crippen molar-refractivity contribution in [1.29, 1.82) is 0 Å². The number of fused-ring (bicyclic) bond motifs is 1. The van der Waals surface area contributed by atoms with Gasteiger partial charge in [-0.05, 0) is 77.9 Å². The molecule has 1 N–H and O–H groups in total. The molecular formula is C21H32O4. The van der Waals surface area contributed by atoms with Gasteiger partial charge in [0.05, 0.1) is 11.7 Å². The van der Waals surface area contributed by atoms with Crippen LogP contribution in [0.1, 0.15) is 66.2 Å². The lowest BCUT2D eigenvalue weighted by Crippen LogP contribution is -2.41. The monoisotopic (exact) mass is 348 g/mol. The molecule has 0 saturated carbocycles. The number of hydrogen-bond donors (Lipinski definition) is 1. The van der Waals surface area contributed by atoms with Crippen molar-refractivity contribution in [2.24, 2.45) is 0 Å². The summed E-state index contributed by atoms with van der Waals surface area (Å²) in [4.78, 5) is 12.0. The Morgan fingerprint density at radius 2 is 1.92 bits per heavy atom. The first kappa shape index (κ1) is 19.9. The highest BCUT2D eigenvalue weighted by Crippen LogP contribution is 2.31. The van der Waals surface area contributed by atoms with Gasteiger partial charge in [0.15, 0.2) is 0 Å².